The fourth-order valence-corrected chi connectivity index (χ4v) is 5.34. The number of aliphatic carboxylic acids is 1. The first-order chi connectivity index (χ1) is 18.8. The van der Waals surface area contributed by atoms with E-state index in [4.69, 9.17) is 16.3 Å². The van der Waals surface area contributed by atoms with Crippen LogP contribution in [-0.2, 0) is 42.6 Å². The normalized spacial score (nSPS) is 20.4. The van der Waals surface area contributed by atoms with Crippen LogP contribution in [0.4, 0.5) is 5.13 Å². The zero-order valence-corrected chi connectivity index (χ0v) is 22.8. The van der Waals surface area contributed by atoms with Gasteiger partial charge in [0.2, 0.25) is 5.60 Å². The van der Waals surface area contributed by atoms with Crippen LogP contribution in [0.3, 0.4) is 0 Å². The number of hydrogen-bond donors (Lipinski definition) is 5. The maximum atomic E-state index is 13.2. The minimum absolute atomic E-state index is 0.0479. The van der Waals surface area contributed by atoms with Gasteiger partial charge in [0.1, 0.15) is 17.8 Å². The van der Waals surface area contributed by atoms with Gasteiger partial charge in [0.05, 0.1) is 18.4 Å². The molecule has 2 aliphatic rings. The average Bonchev–Trinajstić information content (AvgIpc) is 3.36. The molecular weight excluding hydrogens is 572 g/mol. The summed E-state index contributed by atoms with van der Waals surface area (Å²) >= 11 is 0.978. The lowest BCUT2D eigenvalue weighted by molar-refractivity contribution is -0.153. The quantitative estimate of drug-likeness (QED) is 0.0657. The number of carboxylic acids is 1. The lowest BCUT2D eigenvalue weighted by Crippen LogP contribution is -2.73. The van der Waals surface area contributed by atoms with Crippen molar-refractivity contribution in [3.63, 3.8) is 0 Å². The minimum Gasteiger partial charge on any atom is -0.478 e. The molecule has 2 atom stereocenters. The maximum Gasteiger partial charge on any atom is 0.362 e. The van der Waals surface area contributed by atoms with E-state index in [1.807, 2.05) is 11.9 Å². The van der Waals surface area contributed by atoms with Crippen LogP contribution in [0.15, 0.2) is 16.7 Å². The van der Waals surface area contributed by atoms with Crippen molar-refractivity contribution in [2.24, 2.45) is 10.9 Å². The Balaban J connectivity index is 1.52. The van der Waals surface area contributed by atoms with Gasteiger partial charge in [-0.3, -0.25) is 14.1 Å². The molecule has 0 aromatic carbocycles. The summed E-state index contributed by atoms with van der Waals surface area (Å²) in [6.45, 7) is 1.38. The molecule has 2 amide bonds. The molecule has 218 valence electrons. The van der Waals surface area contributed by atoms with Crippen molar-refractivity contribution in [1.29, 1.82) is 0 Å². The number of anilines is 1. The highest BCUT2D eigenvalue weighted by atomic mass is 32.2. The van der Waals surface area contributed by atoms with Gasteiger partial charge in [-0.2, -0.15) is 23.4 Å². The molecule has 1 saturated heterocycles. The van der Waals surface area contributed by atoms with Crippen LogP contribution in [0.1, 0.15) is 30.7 Å². The van der Waals surface area contributed by atoms with Gasteiger partial charge in [-0.05, 0) is 26.6 Å². The number of nitrogens with one attached hydrogen (secondary N) is 1. The Kier molecular flexibility index (Phi) is 8.35. The van der Waals surface area contributed by atoms with E-state index >= 15 is 0 Å². The van der Waals surface area contributed by atoms with Crippen LogP contribution >= 0.6 is 11.3 Å². The van der Waals surface area contributed by atoms with Crippen LogP contribution in [-0.4, -0.2) is 109 Å². The molecule has 2 aromatic heterocycles. The van der Waals surface area contributed by atoms with Crippen molar-refractivity contribution in [3.05, 3.63) is 23.0 Å². The van der Waals surface area contributed by atoms with E-state index in [1.165, 1.54) is 11.6 Å². The number of carboxylic acid groups (broad SMARTS) is 1. The van der Waals surface area contributed by atoms with E-state index in [0.717, 1.165) is 29.1 Å². The number of β-lactam (4-membered cyclic amide) rings is 1. The van der Waals surface area contributed by atoms with Gasteiger partial charge in [0, 0.05) is 24.8 Å². The first kappa shape index (κ1) is 29.3. The van der Waals surface area contributed by atoms with E-state index in [0.29, 0.717) is 18.8 Å². The number of nitrogens with two attached hydrogens (primary N) is 2. The number of hydrogen-bond acceptors (Lipinski definition) is 14. The molecule has 1 saturated carbocycles. The Morgan fingerprint density at radius 1 is 1.40 bits per heavy atom. The second-order valence-corrected chi connectivity index (χ2v) is 11.5. The molecule has 0 unspecified atom stereocenters. The highest BCUT2D eigenvalue weighted by molar-refractivity contribution is 7.84. The van der Waals surface area contributed by atoms with Crippen LogP contribution in [0.5, 0.6) is 0 Å². The maximum absolute atomic E-state index is 13.2. The fraction of sp³-hybridized carbons (Fsp3) is 0.550. The standard InChI is InChI=1S/C20H28N10O8S2/c1-28(6-2-5-21)8-11-7-23-29(26-11)9-13-15(17(32)30(13)40(35,36)37)25-16(31)14(12-10-39-19(22)24-12)27-38-20(3-4-20)18(33)34/h7,10,13,15H,2-6,8-9,21H2,1H3,(H2,22,24)(H,25,31)(H,33,34)(H,35,36,37)/b27-14-/t13-,15+/m1/s1. The number of aromatic nitrogens is 4. The van der Waals surface area contributed by atoms with Gasteiger partial charge >= 0.3 is 16.3 Å². The number of thiazole rings is 1. The molecule has 20 heteroatoms. The predicted octanol–water partition coefficient (Wildman–Crippen LogP) is -2.37. The largest absolute Gasteiger partial charge is 0.478 e. The SMILES string of the molecule is CN(CCCN)Cc1cnn(C[C@@H]2[C@H](NC(=O)/C(=N\OC3(C(=O)O)CC3)c3csc(N)n3)C(=O)N2S(=O)(=O)O)n1. The third-order valence-corrected chi connectivity index (χ3v) is 7.82. The molecule has 0 spiro atoms. The van der Waals surface area contributed by atoms with E-state index in [1.54, 1.807) is 0 Å². The summed E-state index contributed by atoms with van der Waals surface area (Å²) in [6, 6.07) is -2.73. The first-order valence-electron chi connectivity index (χ1n) is 11.9. The topological polar surface area (TPSA) is 262 Å². The predicted molar refractivity (Wildman–Crippen MR) is 138 cm³/mol. The molecule has 1 aliphatic heterocycles. The van der Waals surface area contributed by atoms with E-state index in [9.17, 15) is 32.5 Å². The van der Waals surface area contributed by atoms with Crippen LogP contribution in [0, 0.1) is 0 Å². The Labute approximate surface area is 231 Å². The lowest BCUT2D eigenvalue weighted by atomic mass is 9.98. The monoisotopic (exact) mass is 600 g/mol. The summed E-state index contributed by atoms with van der Waals surface area (Å²) < 4.78 is 33.6. The van der Waals surface area contributed by atoms with Crippen molar-refractivity contribution in [3.8, 4) is 0 Å². The number of nitrogen functional groups attached to an aromatic ring is 1. The van der Waals surface area contributed by atoms with Crippen molar-refractivity contribution in [2.75, 3.05) is 25.9 Å². The van der Waals surface area contributed by atoms with Crippen LogP contribution in [0.25, 0.3) is 0 Å². The summed E-state index contributed by atoms with van der Waals surface area (Å²) in [4.78, 5) is 49.6. The summed E-state index contributed by atoms with van der Waals surface area (Å²) in [7, 11) is -3.11. The van der Waals surface area contributed by atoms with Gasteiger partial charge in [-0.25, -0.2) is 14.1 Å². The minimum atomic E-state index is -4.98. The smallest absolute Gasteiger partial charge is 0.362 e. The molecule has 18 nitrogen and oxygen atoms in total. The summed E-state index contributed by atoms with van der Waals surface area (Å²) in [5, 5.41) is 25.3. The number of oxime groups is 1. The lowest BCUT2D eigenvalue weighted by Gasteiger charge is -2.43. The van der Waals surface area contributed by atoms with Gasteiger partial charge in [0.25, 0.3) is 11.8 Å². The molecule has 1 aliphatic carbocycles. The zero-order chi connectivity index (χ0) is 29.2. The first-order valence-corrected chi connectivity index (χ1v) is 14.2. The number of carbonyl (C=O) groups excluding carboxylic acids is 2. The molecule has 4 rings (SSSR count). The molecular formula is C20H28N10O8S2. The highest BCUT2D eigenvalue weighted by Crippen LogP contribution is 2.40. The third-order valence-electron chi connectivity index (χ3n) is 6.20. The Bertz CT molecular complexity index is 1420. The Hall–Kier alpha value is -3.72. The van der Waals surface area contributed by atoms with E-state index in [2.05, 4.69) is 25.7 Å². The highest BCUT2D eigenvalue weighted by Gasteiger charge is 2.56. The molecule has 40 heavy (non-hydrogen) atoms. The summed E-state index contributed by atoms with van der Waals surface area (Å²) in [5.74, 6) is -3.39. The summed E-state index contributed by atoms with van der Waals surface area (Å²) in [6.07, 6.45) is 2.60. The van der Waals surface area contributed by atoms with Gasteiger partial charge < -0.3 is 31.6 Å². The molecule has 0 radical (unpaired) electrons. The van der Waals surface area contributed by atoms with Crippen LogP contribution < -0.4 is 16.8 Å². The number of rotatable bonds is 14. The second-order valence-electron chi connectivity index (χ2n) is 9.30. The number of carbonyl (C=O) groups is 3. The Morgan fingerprint density at radius 3 is 2.70 bits per heavy atom. The molecule has 2 aromatic rings. The van der Waals surface area contributed by atoms with Crippen molar-refractivity contribution < 1.29 is 37.3 Å². The number of amides is 2. The van der Waals surface area contributed by atoms with Crippen molar-refractivity contribution in [1.82, 2.24) is 34.5 Å². The second kappa shape index (κ2) is 11.4. The zero-order valence-electron chi connectivity index (χ0n) is 21.2. The van der Waals surface area contributed by atoms with E-state index in [-0.39, 0.29) is 34.5 Å². The molecule has 0 bridgehead atoms. The Morgan fingerprint density at radius 2 is 2.12 bits per heavy atom. The summed E-state index contributed by atoms with van der Waals surface area (Å²) in [5.41, 5.74) is 9.64. The van der Waals surface area contributed by atoms with Gasteiger partial charge in [0.15, 0.2) is 10.8 Å². The molecule has 2 fully saturated rings. The third kappa shape index (κ3) is 6.36. The van der Waals surface area contributed by atoms with Crippen molar-refractivity contribution >= 4 is 50.3 Å². The fourth-order valence-electron chi connectivity index (χ4n) is 3.92. The van der Waals surface area contributed by atoms with E-state index < -0.39 is 51.5 Å². The number of nitrogens with zero attached hydrogens (tertiary/aromatic N) is 7. The molecule has 7 N–H and O–H groups in total. The van der Waals surface area contributed by atoms with Gasteiger partial charge in [-0.1, -0.05) is 5.16 Å². The van der Waals surface area contributed by atoms with Crippen molar-refractivity contribution in [2.45, 2.75) is 50.0 Å². The van der Waals surface area contributed by atoms with Gasteiger partial charge in [-0.15, -0.1) is 11.3 Å². The molecule has 3 heterocycles. The van der Waals surface area contributed by atoms with Crippen LogP contribution in [0.2, 0.25) is 0 Å². The average molecular weight is 601 g/mol.